The topological polar surface area (TPSA) is 72.2 Å². The third-order valence-electron chi connectivity index (χ3n) is 2.97. The minimum atomic E-state index is -1.24. The van der Waals surface area contributed by atoms with E-state index < -0.39 is 11.4 Å². The molecule has 20 heavy (non-hydrogen) atoms. The van der Waals surface area contributed by atoms with Crippen molar-refractivity contribution in [3.05, 3.63) is 56.5 Å². The number of rotatable bonds is 3. The first-order valence-corrected chi connectivity index (χ1v) is 6.45. The van der Waals surface area contributed by atoms with Gasteiger partial charge >= 0.3 is 5.97 Å². The van der Waals surface area contributed by atoms with E-state index in [4.69, 9.17) is 11.6 Å². The number of aryl methyl sites for hydroxylation is 1. The average molecular weight is 293 g/mol. The number of halogens is 1. The Hall–Kier alpha value is -2.14. The molecular weight excluding hydrogens is 280 g/mol. The van der Waals surface area contributed by atoms with Crippen molar-refractivity contribution >= 4 is 17.6 Å². The third kappa shape index (κ3) is 2.44. The zero-order valence-electron chi connectivity index (χ0n) is 11.1. The van der Waals surface area contributed by atoms with E-state index in [-0.39, 0.29) is 11.3 Å². The molecule has 1 aromatic carbocycles. The van der Waals surface area contributed by atoms with Crippen LogP contribution in [0.1, 0.15) is 28.7 Å². The Bertz CT molecular complexity index is 720. The molecule has 1 heterocycles. The number of benzene rings is 1. The van der Waals surface area contributed by atoms with Crippen LogP contribution in [0, 0.1) is 6.92 Å². The highest BCUT2D eigenvalue weighted by molar-refractivity contribution is 6.30. The first-order valence-electron chi connectivity index (χ1n) is 6.07. The molecule has 6 heteroatoms. The van der Waals surface area contributed by atoms with E-state index in [2.05, 4.69) is 5.10 Å². The molecule has 0 spiro atoms. The number of hydrogen-bond acceptors (Lipinski definition) is 3. The summed E-state index contributed by atoms with van der Waals surface area (Å²) in [6, 6.07) is 6.83. The second-order valence-corrected chi connectivity index (χ2v) is 4.72. The number of nitrogens with zero attached hydrogens (tertiary/aromatic N) is 2. The Morgan fingerprint density at radius 1 is 1.35 bits per heavy atom. The molecule has 0 aliphatic heterocycles. The molecule has 0 fully saturated rings. The van der Waals surface area contributed by atoms with Crippen LogP contribution in [0.4, 0.5) is 0 Å². The number of carboxylic acids is 1. The fourth-order valence-electron chi connectivity index (χ4n) is 2.02. The maximum Gasteiger partial charge on any atom is 0.341 e. The maximum absolute atomic E-state index is 11.9. The highest BCUT2D eigenvalue weighted by Gasteiger charge is 2.20. The molecule has 0 bridgehead atoms. The van der Waals surface area contributed by atoms with E-state index in [0.29, 0.717) is 22.8 Å². The van der Waals surface area contributed by atoms with Crippen molar-refractivity contribution in [1.29, 1.82) is 0 Å². The number of carbonyl (C=O) groups is 1. The van der Waals surface area contributed by atoms with Crippen LogP contribution in [-0.4, -0.2) is 20.9 Å². The summed E-state index contributed by atoms with van der Waals surface area (Å²) >= 11 is 5.84. The SMILES string of the molecule is CCc1c(C(=O)O)c(=O)c(C)nn1-c1ccc(Cl)cc1. The second kappa shape index (κ2) is 5.46. The molecule has 0 aliphatic carbocycles. The van der Waals surface area contributed by atoms with Gasteiger partial charge in [0.15, 0.2) is 0 Å². The van der Waals surface area contributed by atoms with Crippen molar-refractivity contribution in [3.63, 3.8) is 0 Å². The average Bonchev–Trinajstić information content (AvgIpc) is 2.41. The van der Waals surface area contributed by atoms with Crippen LogP contribution >= 0.6 is 11.6 Å². The van der Waals surface area contributed by atoms with E-state index in [1.165, 1.54) is 11.6 Å². The van der Waals surface area contributed by atoms with Gasteiger partial charge in [0.2, 0.25) is 5.43 Å². The van der Waals surface area contributed by atoms with Gasteiger partial charge in [-0.1, -0.05) is 18.5 Å². The summed E-state index contributed by atoms with van der Waals surface area (Å²) in [5.41, 5.74) is 0.413. The van der Waals surface area contributed by atoms with E-state index in [1.807, 2.05) is 0 Å². The summed E-state index contributed by atoms with van der Waals surface area (Å²) in [5.74, 6) is -1.24. The van der Waals surface area contributed by atoms with Crippen molar-refractivity contribution in [1.82, 2.24) is 9.78 Å². The van der Waals surface area contributed by atoms with Gasteiger partial charge in [0.25, 0.3) is 0 Å². The molecule has 0 radical (unpaired) electrons. The molecule has 104 valence electrons. The summed E-state index contributed by atoms with van der Waals surface area (Å²) in [6.07, 6.45) is 0.382. The first-order chi connectivity index (χ1) is 9.45. The Kier molecular flexibility index (Phi) is 3.90. The van der Waals surface area contributed by atoms with Gasteiger partial charge in [0, 0.05) is 5.02 Å². The van der Waals surface area contributed by atoms with Crippen LogP contribution < -0.4 is 5.43 Å². The van der Waals surface area contributed by atoms with Gasteiger partial charge in [-0.25, -0.2) is 9.48 Å². The van der Waals surface area contributed by atoms with Crippen LogP contribution in [0.25, 0.3) is 5.69 Å². The van der Waals surface area contributed by atoms with Crippen LogP contribution in [0.15, 0.2) is 29.1 Å². The second-order valence-electron chi connectivity index (χ2n) is 4.28. The molecular formula is C14H13ClN2O3. The van der Waals surface area contributed by atoms with Crippen molar-refractivity contribution in [2.75, 3.05) is 0 Å². The predicted molar refractivity (Wildman–Crippen MR) is 75.9 cm³/mol. The highest BCUT2D eigenvalue weighted by Crippen LogP contribution is 2.16. The zero-order chi connectivity index (χ0) is 14.9. The lowest BCUT2D eigenvalue weighted by atomic mass is 10.1. The van der Waals surface area contributed by atoms with Gasteiger partial charge < -0.3 is 5.11 Å². The number of carboxylic acid groups (broad SMARTS) is 1. The standard InChI is InChI=1S/C14H13ClN2O3/c1-3-11-12(14(19)20)13(18)8(2)16-17(11)10-6-4-9(15)5-7-10/h4-7H,3H2,1-2H3,(H,19,20). The van der Waals surface area contributed by atoms with Crippen LogP contribution in [0.3, 0.4) is 0 Å². The minimum Gasteiger partial charge on any atom is -0.477 e. The lowest BCUT2D eigenvalue weighted by Gasteiger charge is -2.14. The van der Waals surface area contributed by atoms with Gasteiger partial charge in [-0.3, -0.25) is 4.79 Å². The van der Waals surface area contributed by atoms with Gasteiger partial charge in [-0.15, -0.1) is 0 Å². The number of hydrogen-bond donors (Lipinski definition) is 1. The molecule has 2 aromatic rings. The van der Waals surface area contributed by atoms with Crippen molar-refractivity contribution in [2.45, 2.75) is 20.3 Å². The van der Waals surface area contributed by atoms with Crippen LogP contribution in [-0.2, 0) is 6.42 Å². The monoisotopic (exact) mass is 292 g/mol. The van der Waals surface area contributed by atoms with E-state index >= 15 is 0 Å². The Morgan fingerprint density at radius 3 is 2.45 bits per heavy atom. The molecule has 5 nitrogen and oxygen atoms in total. The molecule has 1 N–H and O–H groups in total. The van der Waals surface area contributed by atoms with Crippen LogP contribution in [0.2, 0.25) is 5.02 Å². The fraction of sp³-hybridized carbons (Fsp3) is 0.214. The van der Waals surface area contributed by atoms with Crippen molar-refractivity contribution in [2.24, 2.45) is 0 Å². The van der Waals surface area contributed by atoms with Gasteiger partial charge in [0.05, 0.1) is 11.4 Å². The maximum atomic E-state index is 11.9. The quantitative estimate of drug-likeness (QED) is 0.943. The molecule has 0 atom stereocenters. The Balaban J connectivity index is 2.79. The van der Waals surface area contributed by atoms with Crippen molar-refractivity contribution < 1.29 is 9.90 Å². The number of aromatic nitrogens is 2. The largest absolute Gasteiger partial charge is 0.477 e. The summed E-state index contributed by atoms with van der Waals surface area (Å²) in [6.45, 7) is 3.28. The van der Waals surface area contributed by atoms with Crippen molar-refractivity contribution in [3.8, 4) is 5.69 Å². The third-order valence-corrected chi connectivity index (χ3v) is 3.22. The van der Waals surface area contributed by atoms with E-state index in [9.17, 15) is 14.7 Å². The summed E-state index contributed by atoms with van der Waals surface area (Å²) in [7, 11) is 0. The Labute approximate surface area is 120 Å². The smallest absolute Gasteiger partial charge is 0.341 e. The molecule has 0 unspecified atom stereocenters. The molecule has 0 amide bonds. The summed E-state index contributed by atoms with van der Waals surface area (Å²) in [5, 5.41) is 14.0. The molecule has 0 saturated heterocycles. The molecule has 1 aromatic heterocycles. The predicted octanol–water partition coefficient (Wildman–Crippen LogP) is 2.45. The molecule has 2 rings (SSSR count). The lowest BCUT2D eigenvalue weighted by molar-refractivity contribution is 0.0692. The Morgan fingerprint density at radius 2 is 1.95 bits per heavy atom. The van der Waals surface area contributed by atoms with E-state index in [0.717, 1.165) is 0 Å². The van der Waals surface area contributed by atoms with Gasteiger partial charge in [0.1, 0.15) is 11.3 Å². The lowest BCUT2D eigenvalue weighted by Crippen LogP contribution is -2.27. The first kappa shape index (κ1) is 14.3. The normalized spacial score (nSPS) is 10.6. The van der Waals surface area contributed by atoms with Gasteiger partial charge in [-0.2, -0.15) is 5.10 Å². The molecule has 0 saturated carbocycles. The summed E-state index contributed by atoms with van der Waals surface area (Å²) in [4.78, 5) is 23.3. The molecule has 0 aliphatic rings. The van der Waals surface area contributed by atoms with Crippen LogP contribution in [0.5, 0.6) is 0 Å². The number of aromatic carboxylic acids is 1. The minimum absolute atomic E-state index is 0.148. The highest BCUT2D eigenvalue weighted by atomic mass is 35.5. The summed E-state index contributed by atoms with van der Waals surface area (Å²) < 4.78 is 1.48. The van der Waals surface area contributed by atoms with Gasteiger partial charge in [-0.05, 0) is 37.6 Å². The fourth-order valence-corrected chi connectivity index (χ4v) is 2.14. The zero-order valence-corrected chi connectivity index (χ0v) is 11.8. The van der Waals surface area contributed by atoms with E-state index in [1.54, 1.807) is 31.2 Å².